The average molecular weight is 489 g/mol. The fourth-order valence-electron chi connectivity index (χ4n) is 3.36. The molecule has 3 aromatic rings. The second-order valence-electron chi connectivity index (χ2n) is 7.59. The summed E-state index contributed by atoms with van der Waals surface area (Å²) in [5.41, 5.74) is 2.51. The van der Waals surface area contributed by atoms with Crippen molar-refractivity contribution in [3.8, 4) is 0 Å². The molecule has 1 aliphatic rings. The number of anilines is 6. The van der Waals surface area contributed by atoms with E-state index >= 15 is 0 Å². The molecular formula is C22H26Cl2N8O. The van der Waals surface area contributed by atoms with Crippen LogP contribution in [0, 0.1) is 0 Å². The zero-order valence-corrected chi connectivity index (χ0v) is 20.0. The van der Waals surface area contributed by atoms with E-state index < -0.39 is 0 Å². The Kier molecular flexibility index (Phi) is 8.26. The molecule has 1 aliphatic heterocycles. The van der Waals surface area contributed by atoms with Crippen LogP contribution in [0.15, 0.2) is 48.8 Å². The summed E-state index contributed by atoms with van der Waals surface area (Å²) in [6.45, 7) is 5.53. The zero-order valence-electron chi connectivity index (χ0n) is 18.4. The van der Waals surface area contributed by atoms with Crippen LogP contribution in [-0.2, 0) is 4.79 Å². The van der Waals surface area contributed by atoms with Crippen molar-refractivity contribution < 1.29 is 4.79 Å². The number of piperazine rings is 1. The number of rotatable bonds is 6. The van der Waals surface area contributed by atoms with Gasteiger partial charge >= 0.3 is 0 Å². The summed E-state index contributed by atoms with van der Waals surface area (Å²) >= 11 is 6.28. The summed E-state index contributed by atoms with van der Waals surface area (Å²) in [4.78, 5) is 29.1. The molecule has 0 unspecified atom stereocenters. The van der Waals surface area contributed by atoms with Crippen LogP contribution in [0.2, 0.25) is 5.02 Å². The molecule has 0 spiro atoms. The molecule has 2 aromatic heterocycles. The van der Waals surface area contributed by atoms with E-state index in [0.29, 0.717) is 28.3 Å². The van der Waals surface area contributed by atoms with Gasteiger partial charge in [0.25, 0.3) is 0 Å². The Morgan fingerprint density at radius 3 is 2.45 bits per heavy atom. The van der Waals surface area contributed by atoms with E-state index in [1.807, 2.05) is 30.5 Å². The number of carbonyl (C=O) groups excluding carboxylic acids is 1. The Balaban J connectivity index is 0.00000306. The van der Waals surface area contributed by atoms with E-state index in [-0.39, 0.29) is 18.3 Å². The number of nitrogens with one attached hydrogen (secondary N) is 3. The first-order valence-corrected chi connectivity index (χ1v) is 10.7. The Morgan fingerprint density at radius 2 is 1.76 bits per heavy atom. The molecule has 1 aromatic carbocycles. The first kappa shape index (κ1) is 24.5. The van der Waals surface area contributed by atoms with Gasteiger partial charge in [-0.05, 0) is 37.4 Å². The molecular weight excluding hydrogens is 463 g/mol. The van der Waals surface area contributed by atoms with Crippen molar-refractivity contribution in [3.63, 3.8) is 0 Å². The van der Waals surface area contributed by atoms with Gasteiger partial charge in [-0.25, -0.2) is 9.97 Å². The number of halogens is 2. The predicted octanol–water partition coefficient (Wildman–Crippen LogP) is 4.14. The quantitative estimate of drug-likeness (QED) is 0.475. The van der Waals surface area contributed by atoms with E-state index in [1.54, 1.807) is 12.1 Å². The maximum absolute atomic E-state index is 11.3. The van der Waals surface area contributed by atoms with Crippen LogP contribution in [0.1, 0.15) is 6.92 Å². The van der Waals surface area contributed by atoms with E-state index in [9.17, 15) is 4.79 Å². The maximum atomic E-state index is 11.3. The summed E-state index contributed by atoms with van der Waals surface area (Å²) in [5, 5.41) is 9.40. The van der Waals surface area contributed by atoms with Gasteiger partial charge in [-0.15, -0.1) is 12.4 Å². The number of hydrogen-bond donors (Lipinski definition) is 3. The van der Waals surface area contributed by atoms with Crippen LogP contribution in [-0.4, -0.2) is 59.0 Å². The molecule has 0 saturated carbocycles. The molecule has 1 amide bonds. The van der Waals surface area contributed by atoms with Gasteiger partial charge in [-0.1, -0.05) is 17.7 Å². The van der Waals surface area contributed by atoms with Gasteiger partial charge in [0.1, 0.15) is 10.8 Å². The minimum absolute atomic E-state index is 0. The van der Waals surface area contributed by atoms with Gasteiger partial charge in [-0.3, -0.25) is 4.79 Å². The second kappa shape index (κ2) is 11.1. The lowest BCUT2D eigenvalue weighted by Crippen LogP contribution is -2.44. The van der Waals surface area contributed by atoms with Crippen molar-refractivity contribution >= 4 is 64.6 Å². The molecule has 3 N–H and O–H groups in total. The van der Waals surface area contributed by atoms with Gasteiger partial charge in [0, 0.05) is 44.5 Å². The third-order valence-electron chi connectivity index (χ3n) is 5.05. The van der Waals surface area contributed by atoms with Gasteiger partial charge < -0.3 is 25.8 Å². The number of benzene rings is 1. The van der Waals surface area contributed by atoms with Crippen LogP contribution >= 0.6 is 24.0 Å². The number of aromatic nitrogens is 3. The summed E-state index contributed by atoms with van der Waals surface area (Å²) in [7, 11) is 2.14. The highest BCUT2D eigenvalue weighted by molar-refractivity contribution is 6.32. The van der Waals surface area contributed by atoms with E-state index in [1.165, 1.54) is 13.1 Å². The van der Waals surface area contributed by atoms with Crippen LogP contribution in [0.25, 0.3) is 0 Å². The number of hydrogen-bond acceptors (Lipinski definition) is 8. The molecule has 0 radical (unpaired) electrons. The van der Waals surface area contributed by atoms with E-state index in [2.05, 4.69) is 47.7 Å². The van der Waals surface area contributed by atoms with Crippen molar-refractivity contribution in [2.45, 2.75) is 6.92 Å². The zero-order chi connectivity index (χ0) is 22.5. The number of amides is 1. The Morgan fingerprint density at radius 1 is 1.00 bits per heavy atom. The minimum Gasteiger partial charge on any atom is -0.368 e. The lowest BCUT2D eigenvalue weighted by molar-refractivity contribution is -0.114. The average Bonchev–Trinajstić information content (AvgIpc) is 2.77. The van der Waals surface area contributed by atoms with Crippen LogP contribution in [0.3, 0.4) is 0 Å². The summed E-state index contributed by atoms with van der Waals surface area (Å²) < 4.78 is 0. The van der Waals surface area contributed by atoms with Gasteiger partial charge in [0.05, 0.1) is 18.1 Å². The predicted molar refractivity (Wildman–Crippen MR) is 136 cm³/mol. The van der Waals surface area contributed by atoms with Gasteiger partial charge in [0.15, 0.2) is 5.82 Å². The van der Waals surface area contributed by atoms with Crippen molar-refractivity contribution in [2.75, 3.05) is 54.1 Å². The van der Waals surface area contributed by atoms with E-state index in [0.717, 1.165) is 37.6 Å². The lowest BCUT2D eigenvalue weighted by atomic mass is 10.2. The number of likely N-dealkylation sites (N-methyl/N-ethyl adjacent to an activating group) is 1. The Bertz CT molecular complexity index is 1090. The van der Waals surface area contributed by atoms with Crippen molar-refractivity contribution in [1.29, 1.82) is 0 Å². The highest BCUT2D eigenvalue weighted by Gasteiger charge is 2.14. The van der Waals surface area contributed by atoms with Crippen molar-refractivity contribution in [2.24, 2.45) is 0 Å². The maximum Gasteiger partial charge on any atom is 0.230 e. The Hall–Kier alpha value is -3.14. The van der Waals surface area contributed by atoms with Gasteiger partial charge in [0.2, 0.25) is 11.9 Å². The van der Waals surface area contributed by atoms with Crippen LogP contribution in [0.5, 0.6) is 0 Å². The Labute approximate surface area is 204 Å². The molecule has 33 heavy (non-hydrogen) atoms. The molecule has 3 heterocycles. The summed E-state index contributed by atoms with van der Waals surface area (Å²) in [5.74, 6) is 1.32. The minimum atomic E-state index is -0.139. The largest absolute Gasteiger partial charge is 0.368 e. The van der Waals surface area contributed by atoms with Gasteiger partial charge in [-0.2, -0.15) is 4.98 Å². The fourth-order valence-corrected chi connectivity index (χ4v) is 3.49. The van der Waals surface area contributed by atoms with Crippen LogP contribution in [0.4, 0.5) is 34.6 Å². The lowest BCUT2D eigenvalue weighted by Gasteiger charge is -2.33. The SMILES string of the molecule is CC(=O)Nc1cccc(Nc2nc(Nc3ccc(N4CCN(C)CC4)cn3)ncc2Cl)c1.Cl. The molecule has 4 rings (SSSR count). The second-order valence-corrected chi connectivity index (χ2v) is 8.00. The van der Waals surface area contributed by atoms with Crippen molar-refractivity contribution in [3.05, 3.63) is 53.8 Å². The normalized spacial score (nSPS) is 13.7. The first-order valence-electron chi connectivity index (χ1n) is 10.3. The van der Waals surface area contributed by atoms with Crippen molar-refractivity contribution in [1.82, 2.24) is 19.9 Å². The highest BCUT2D eigenvalue weighted by Crippen LogP contribution is 2.26. The number of pyridine rings is 1. The summed E-state index contributed by atoms with van der Waals surface area (Å²) in [6.07, 6.45) is 3.38. The molecule has 9 nitrogen and oxygen atoms in total. The highest BCUT2D eigenvalue weighted by atomic mass is 35.5. The fraction of sp³-hybridized carbons (Fsp3) is 0.273. The third kappa shape index (κ3) is 6.67. The first-order chi connectivity index (χ1) is 15.5. The smallest absolute Gasteiger partial charge is 0.230 e. The molecule has 1 fully saturated rings. The molecule has 0 bridgehead atoms. The molecule has 0 atom stereocenters. The number of carbonyl (C=O) groups is 1. The number of nitrogens with zero attached hydrogens (tertiary/aromatic N) is 5. The molecule has 1 saturated heterocycles. The van der Waals surface area contributed by atoms with Crippen LogP contribution < -0.4 is 20.9 Å². The molecule has 174 valence electrons. The molecule has 0 aliphatic carbocycles. The standard InChI is InChI=1S/C22H25ClN8O.ClH/c1-15(32)26-16-4-3-5-17(12-16)27-21-19(23)14-25-22(29-21)28-20-7-6-18(13-24-20)31-10-8-30(2)9-11-31;/h3-7,12-14H,8-11H2,1-2H3,(H,26,32)(H2,24,25,27,28,29);1H. The summed E-state index contributed by atoms with van der Waals surface area (Å²) in [6, 6.07) is 11.2. The van der Waals surface area contributed by atoms with E-state index in [4.69, 9.17) is 11.6 Å². The monoisotopic (exact) mass is 488 g/mol. The third-order valence-corrected chi connectivity index (χ3v) is 5.32. The topological polar surface area (TPSA) is 98.3 Å². The molecule has 11 heteroatoms.